The van der Waals surface area contributed by atoms with Gasteiger partial charge in [-0.2, -0.15) is 0 Å². The van der Waals surface area contributed by atoms with Gasteiger partial charge in [0, 0.05) is 0 Å². The van der Waals surface area contributed by atoms with Crippen LogP contribution in [0.4, 0.5) is 32.8 Å². The van der Waals surface area contributed by atoms with Gasteiger partial charge in [0.05, 0.1) is 13.3 Å². The van der Waals surface area contributed by atoms with Gasteiger partial charge in [-0.1, -0.05) is 11.3 Å². The van der Waals surface area contributed by atoms with Crippen LogP contribution in [0.15, 0.2) is 6.20 Å². The van der Waals surface area contributed by atoms with Gasteiger partial charge >= 0.3 is 5.97 Å². The number of anilines is 2. The molecule has 0 atom stereocenters. The summed E-state index contributed by atoms with van der Waals surface area (Å²) in [4.78, 5) is 14.7. The second kappa shape index (κ2) is 5.64. The predicted octanol–water partition coefficient (Wildman–Crippen LogP) is 3.37. The van der Waals surface area contributed by atoms with Gasteiger partial charge in [-0.05, 0) is 0 Å². The van der Waals surface area contributed by atoms with Crippen molar-refractivity contribution in [2.75, 3.05) is 12.4 Å². The average molecular weight is 324 g/mol. The van der Waals surface area contributed by atoms with E-state index in [1.54, 1.807) is 0 Å². The number of nitrogens with one attached hydrogen (secondary N) is 1. The third-order valence-corrected chi connectivity index (χ3v) is 3.23. The first-order valence-electron chi connectivity index (χ1n) is 5.19. The fraction of sp³-hybridized carbons (Fsp3) is 0.0909. The number of nitrogens with zero attached hydrogens (tertiary/aromatic N) is 1. The lowest BCUT2D eigenvalue weighted by Crippen LogP contribution is -2.06. The summed E-state index contributed by atoms with van der Waals surface area (Å²) in [5.74, 6) is -11.2. The fourth-order valence-corrected chi connectivity index (χ4v) is 2.09. The van der Waals surface area contributed by atoms with Crippen LogP contribution in [0, 0.1) is 29.1 Å². The number of halogens is 5. The highest BCUT2D eigenvalue weighted by atomic mass is 32.1. The third kappa shape index (κ3) is 2.66. The molecule has 0 unspecified atom stereocenters. The highest BCUT2D eigenvalue weighted by Crippen LogP contribution is 2.31. The lowest BCUT2D eigenvalue weighted by molar-refractivity contribution is 0.0606. The van der Waals surface area contributed by atoms with E-state index in [2.05, 4.69) is 9.72 Å². The second-order valence-electron chi connectivity index (χ2n) is 3.59. The van der Waals surface area contributed by atoms with Crippen LogP contribution in [0.25, 0.3) is 0 Å². The van der Waals surface area contributed by atoms with Crippen molar-refractivity contribution in [1.29, 1.82) is 0 Å². The number of methoxy groups -OCH3 is 1. The number of hydrogen-bond donors (Lipinski definition) is 1. The van der Waals surface area contributed by atoms with E-state index in [1.165, 1.54) is 0 Å². The maximum absolute atomic E-state index is 13.4. The summed E-state index contributed by atoms with van der Waals surface area (Å²) in [5.41, 5.74) is -1.25. The normalized spacial score (nSPS) is 10.6. The van der Waals surface area contributed by atoms with Gasteiger partial charge in [-0.15, -0.1) is 0 Å². The Morgan fingerprint density at radius 1 is 1.10 bits per heavy atom. The fourth-order valence-electron chi connectivity index (χ4n) is 1.35. The van der Waals surface area contributed by atoms with Crippen LogP contribution in [0.3, 0.4) is 0 Å². The summed E-state index contributed by atoms with van der Waals surface area (Å²) >= 11 is 0.625. The summed E-state index contributed by atoms with van der Waals surface area (Å²) < 4.78 is 70.1. The molecule has 0 spiro atoms. The van der Waals surface area contributed by atoms with Crippen LogP contribution in [0.1, 0.15) is 9.67 Å². The third-order valence-electron chi connectivity index (χ3n) is 2.33. The van der Waals surface area contributed by atoms with Gasteiger partial charge in [0.25, 0.3) is 0 Å². The first-order chi connectivity index (χ1) is 9.86. The minimum Gasteiger partial charge on any atom is -0.465 e. The zero-order valence-corrected chi connectivity index (χ0v) is 11.0. The Bertz CT molecular complexity index is 690. The first-order valence-corrected chi connectivity index (χ1v) is 6.01. The van der Waals surface area contributed by atoms with Crippen molar-refractivity contribution in [3.63, 3.8) is 0 Å². The quantitative estimate of drug-likeness (QED) is 0.407. The first kappa shape index (κ1) is 15.2. The monoisotopic (exact) mass is 324 g/mol. The van der Waals surface area contributed by atoms with Crippen LogP contribution < -0.4 is 5.32 Å². The van der Waals surface area contributed by atoms with Gasteiger partial charge in [0.1, 0.15) is 10.6 Å². The molecule has 1 aromatic heterocycles. The number of ether oxygens (including phenoxy) is 1. The summed E-state index contributed by atoms with van der Waals surface area (Å²) in [7, 11) is 1.11. The van der Waals surface area contributed by atoms with E-state index in [4.69, 9.17) is 0 Å². The van der Waals surface area contributed by atoms with Gasteiger partial charge in [-0.3, -0.25) is 0 Å². The lowest BCUT2D eigenvalue weighted by Gasteiger charge is -2.08. The van der Waals surface area contributed by atoms with Crippen LogP contribution in [-0.2, 0) is 4.74 Å². The predicted molar refractivity (Wildman–Crippen MR) is 63.0 cm³/mol. The van der Waals surface area contributed by atoms with Gasteiger partial charge in [-0.25, -0.2) is 31.7 Å². The summed E-state index contributed by atoms with van der Waals surface area (Å²) in [6.45, 7) is 0. The second-order valence-corrected chi connectivity index (χ2v) is 4.62. The van der Waals surface area contributed by atoms with Gasteiger partial charge in [0.15, 0.2) is 28.4 Å². The van der Waals surface area contributed by atoms with E-state index >= 15 is 0 Å². The van der Waals surface area contributed by atoms with Crippen LogP contribution in [0.5, 0.6) is 0 Å². The Morgan fingerprint density at radius 3 is 2.14 bits per heavy atom. The van der Waals surface area contributed by atoms with Crippen molar-refractivity contribution in [2.24, 2.45) is 0 Å². The molecule has 0 radical (unpaired) electrons. The molecule has 2 rings (SSSR count). The molecule has 1 aromatic carbocycles. The zero-order chi connectivity index (χ0) is 15.7. The van der Waals surface area contributed by atoms with Gasteiger partial charge < -0.3 is 10.1 Å². The Labute approximate surface area is 118 Å². The Morgan fingerprint density at radius 2 is 1.62 bits per heavy atom. The maximum Gasteiger partial charge on any atom is 0.349 e. The zero-order valence-electron chi connectivity index (χ0n) is 10.1. The topological polar surface area (TPSA) is 51.2 Å². The van der Waals surface area contributed by atoms with Gasteiger partial charge in [0.2, 0.25) is 5.82 Å². The molecular weight excluding hydrogens is 319 g/mol. The number of esters is 1. The molecule has 1 N–H and O–H groups in total. The van der Waals surface area contributed by atoms with E-state index in [-0.39, 0.29) is 10.0 Å². The van der Waals surface area contributed by atoms with E-state index in [0.717, 1.165) is 13.3 Å². The van der Waals surface area contributed by atoms with Crippen molar-refractivity contribution < 1.29 is 31.5 Å². The minimum absolute atomic E-state index is 0.0103. The van der Waals surface area contributed by atoms with E-state index in [1.807, 2.05) is 5.32 Å². The minimum atomic E-state index is -2.26. The molecule has 112 valence electrons. The molecular formula is C11H5F5N2O2S. The number of hydrogen-bond acceptors (Lipinski definition) is 5. The van der Waals surface area contributed by atoms with E-state index < -0.39 is 40.7 Å². The highest BCUT2D eigenvalue weighted by Gasteiger charge is 2.26. The molecule has 0 aliphatic carbocycles. The van der Waals surface area contributed by atoms with Crippen molar-refractivity contribution in [1.82, 2.24) is 4.98 Å². The maximum atomic E-state index is 13.4. The number of carbonyl (C=O) groups is 1. The smallest absolute Gasteiger partial charge is 0.349 e. The lowest BCUT2D eigenvalue weighted by atomic mass is 10.2. The molecule has 0 amide bonds. The molecule has 0 fully saturated rings. The molecule has 0 bridgehead atoms. The average Bonchev–Trinajstić information content (AvgIpc) is 2.95. The molecule has 10 heteroatoms. The summed E-state index contributed by atoms with van der Waals surface area (Å²) in [6, 6.07) is 0. The molecule has 0 saturated carbocycles. The van der Waals surface area contributed by atoms with E-state index in [0.29, 0.717) is 11.3 Å². The molecule has 0 aliphatic heterocycles. The molecule has 2 aromatic rings. The van der Waals surface area contributed by atoms with E-state index in [9.17, 15) is 26.7 Å². The summed E-state index contributed by atoms with van der Waals surface area (Å²) in [6.07, 6.45) is 1.03. The van der Waals surface area contributed by atoms with Crippen LogP contribution in [0.2, 0.25) is 0 Å². The highest BCUT2D eigenvalue weighted by molar-refractivity contribution is 7.17. The van der Waals surface area contributed by atoms with Crippen molar-refractivity contribution in [3.8, 4) is 0 Å². The molecule has 4 nitrogen and oxygen atoms in total. The molecule has 0 saturated heterocycles. The number of aromatic nitrogens is 1. The number of thiazole rings is 1. The Hall–Kier alpha value is -2.23. The standard InChI is InChI=1S/C11H5F5N2O2S/c1-20-10(19)3-2-17-11(21-3)18-9-7(15)5(13)4(12)6(14)8(9)16/h2H,1H3,(H,17,18). The van der Waals surface area contributed by atoms with Crippen molar-refractivity contribution >= 4 is 28.1 Å². The Kier molecular flexibility index (Phi) is 4.07. The molecule has 21 heavy (non-hydrogen) atoms. The molecule has 1 heterocycles. The number of benzene rings is 1. The summed E-state index contributed by atoms with van der Waals surface area (Å²) in [5, 5.41) is 1.71. The van der Waals surface area contributed by atoms with Crippen molar-refractivity contribution in [3.05, 3.63) is 40.2 Å². The number of carbonyl (C=O) groups excluding carboxylic acids is 1. The SMILES string of the molecule is COC(=O)c1cnc(Nc2c(F)c(F)c(F)c(F)c2F)s1. The Balaban J connectivity index is 2.40. The largest absolute Gasteiger partial charge is 0.465 e. The number of rotatable bonds is 3. The van der Waals surface area contributed by atoms with Crippen LogP contribution >= 0.6 is 11.3 Å². The van der Waals surface area contributed by atoms with Crippen LogP contribution in [-0.4, -0.2) is 18.1 Å². The molecule has 0 aliphatic rings. The van der Waals surface area contributed by atoms with Crippen molar-refractivity contribution in [2.45, 2.75) is 0 Å².